The maximum atomic E-state index is 12.5. The van der Waals surface area contributed by atoms with Gasteiger partial charge in [-0.05, 0) is 5.56 Å². The SMILES string of the molecule is Cn1c(=O)c2c(NCCO)n(Cc3ccccc3)nc2n(C)c1=O. The molecule has 2 heterocycles. The van der Waals surface area contributed by atoms with E-state index in [1.807, 2.05) is 30.3 Å². The third kappa shape index (κ3) is 2.61. The molecule has 0 saturated heterocycles. The maximum absolute atomic E-state index is 12.5. The number of rotatable bonds is 5. The smallest absolute Gasteiger partial charge is 0.332 e. The molecule has 0 aliphatic carbocycles. The summed E-state index contributed by atoms with van der Waals surface area (Å²) in [5.41, 5.74) is 0.497. The summed E-state index contributed by atoms with van der Waals surface area (Å²) in [6.45, 7) is 0.645. The summed E-state index contributed by atoms with van der Waals surface area (Å²) in [6, 6.07) is 9.69. The van der Waals surface area contributed by atoms with Crippen molar-refractivity contribution in [1.29, 1.82) is 0 Å². The third-order valence-corrected chi connectivity index (χ3v) is 3.92. The van der Waals surface area contributed by atoms with Gasteiger partial charge in [0.05, 0.1) is 13.2 Å². The minimum atomic E-state index is -0.425. The number of aliphatic hydroxyl groups is 1. The monoisotopic (exact) mass is 329 g/mol. The van der Waals surface area contributed by atoms with Crippen molar-refractivity contribution in [2.24, 2.45) is 14.1 Å². The zero-order valence-corrected chi connectivity index (χ0v) is 13.6. The van der Waals surface area contributed by atoms with Crippen LogP contribution in [0.3, 0.4) is 0 Å². The summed E-state index contributed by atoms with van der Waals surface area (Å²) >= 11 is 0. The Morgan fingerprint density at radius 2 is 1.83 bits per heavy atom. The lowest BCUT2D eigenvalue weighted by Gasteiger charge is -2.09. The molecule has 126 valence electrons. The number of aliphatic hydroxyl groups excluding tert-OH is 1. The average molecular weight is 329 g/mol. The summed E-state index contributed by atoms with van der Waals surface area (Å²) in [4.78, 5) is 24.7. The van der Waals surface area contributed by atoms with Gasteiger partial charge in [-0.25, -0.2) is 9.48 Å². The van der Waals surface area contributed by atoms with Gasteiger partial charge in [0.25, 0.3) is 5.56 Å². The van der Waals surface area contributed by atoms with Gasteiger partial charge in [0, 0.05) is 20.6 Å². The van der Waals surface area contributed by atoms with Crippen LogP contribution < -0.4 is 16.6 Å². The highest BCUT2D eigenvalue weighted by Gasteiger charge is 2.19. The third-order valence-electron chi connectivity index (χ3n) is 3.92. The van der Waals surface area contributed by atoms with Crippen molar-refractivity contribution in [3.63, 3.8) is 0 Å². The first-order valence-corrected chi connectivity index (χ1v) is 7.59. The molecule has 0 radical (unpaired) electrons. The summed E-state index contributed by atoms with van der Waals surface area (Å²) in [5.74, 6) is 0.499. The van der Waals surface area contributed by atoms with E-state index >= 15 is 0 Å². The molecule has 0 aliphatic heterocycles. The van der Waals surface area contributed by atoms with Crippen LogP contribution in [0.25, 0.3) is 11.0 Å². The number of aromatic nitrogens is 4. The molecule has 24 heavy (non-hydrogen) atoms. The first kappa shape index (κ1) is 16.0. The van der Waals surface area contributed by atoms with Gasteiger partial charge in [-0.2, -0.15) is 5.10 Å². The van der Waals surface area contributed by atoms with Crippen molar-refractivity contribution in [1.82, 2.24) is 18.9 Å². The predicted molar refractivity (Wildman–Crippen MR) is 91.3 cm³/mol. The zero-order chi connectivity index (χ0) is 17.3. The summed E-state index contributed by atoms with van der Waals surface area (Å²) < 4.78 is 4.06. The first-order valence-electron chi connectivity index (χ1n) is 7.59. The molecule has 8 heteroatoms. The quantitative estimate of drug-likeness (QED) is 0.681. The fraction of sp³-hybridized carbons (Fsp3) is 0.312. The number of aryl methyl sites for hydroxylation is 1. The molecular weight excluding hydrogens is 310 g/mol. The van der Waals surface area contributed by atoms with Gasteiger partial charge in [0.1, 0.15) is 11.2 Å². The van der Waals surface area contributed by atoms with Crippen LogP contribution in [-0.4, -0.2) is 37.2 Å². The molecule has 0 unspecified atom stereocenters. The molecule has 0 bridgehead atoms. The summed E-state index contributed by atoms with van der Waals surface area (Å²) in [5, 5.41) is 16.9. The molecule has 0 saturated carbocycles. The topological polar surface area (TPSA) is 94.1 Å². The number of anilines is 1. The minimum absolute atomic E-state index is 0.0793. The molecule has 0 amide bonds. The molecule has 8 nitrogen and oxygen atoms in total. The Morgan fingerprint density at radius 3 is 2.50 bits per heavy atom. The van der Waals surface area contributed by atoms with Crippen LogP contribution >= 0.6 is 0 Å². The standard InChI is InChI=1S/C16H19N5O3/c1-19-14-12(15(23)20(2)16(19)24)13(17-8-9-22)21(18-14)10-11-6-4-3-5-7-11/h3-7,17,22H,8-10H2,1-2H3. The van der Waals surface area contributed by atoms with Crippen LogP contribution in [0.4, 0.5) is 5.82 Å². The van der Waals surface area contributed by atoms with E-state index in [4.69, 9.17) is 5.11 Å². The van der Waals surface area contributed by atoms with E-state index in [0.29, 0.717) is 23.4 Å². The lowest BCUT2D eigenvalue weighted by Crippen LogP contribution is -2.37. The fourth-order valence-electron chi connectivity index (χ4n) is 2.68. The average Bonchev–Trinajstić information content (AvgIpc) is 2.95. The Kier molecular flexibility index (Phi) is 4.22. The number of hydrogen-bond donors (Lipinski definition) is 2. The van der Waals surface area contributed by atoms with Gasteiger partial charge in [0.15, 0.2) is 5.65 Å². The molecule has 2 aromatic heterocycles. The molecule has 2 N–H and O–H groups in total. The largest absolute Gasteiger partial charge is 0.395 e. The van der Waals surface area contributed by atoms with Crippen LogP contribution in [0, 0.1) is 0 Å². The highest BCUT2D eigenvalue weighted by Crippen LogP contribution is 2.20. The number of nitrogens with zero attached hydrogens (tertiary/aromatic N) is 4. The Morgan fingerprint density at radius 1 is 1.12 bits per heavy atom. The normalized spacial score (nSPS) is 11.1. The van der Waals surface area contributed by atoms with E-state index in [2.05, 4.69) is 10.4 Å². The molecular formula is C16H19N5O3. The maximum Gasteiger partial charge on any atom is 0.332 e. The van der Waals surface area contributed by atoms with Crippen LogP contribution in [-0.2, 0) is 20.6 Å². The Balaban J connectivity index is 2.25. The van der Waals surface area contributed by atoms with Crippen LogP contribution in [0.1, 0.15) is 5.56 Å². The van der Waals surface area contributed by atoms with Crippen LogP contribution in [0.5, 0.6) is 0 Å². The second kappa shape index (κ2) is 6.32. The molecule has 3 rings (SSSR count). The molecule has 0 aliphatic rings. The van der Waals surface area contributed by atoms with E-state index in [-0.39, 0.29) is 13.2 Å². The molecule has 3 aromatic rings. The Labute approximate surface area is 137 Å². The summed E-state index contributed by atoms with van der Waals surface area (Å²) in [7, 11) is 3.02. The van der Waals surface area contributed by atoms with Gasteiger partial charge in [-0.15, -0.1) is 0 Å². The Hall–Kier alpha value is -2.87. The van der Waals surface area contributed by atoms with E-state index in [1.165, 1.54) is 11.6 Å². The van der Waals surface area contributed by atoms with Crippen LogP contribution in [0.2, 0.25) is 0 Å². The number of nitrogens with one attached hydrogen (secondary N) is 1. The van der Waals surface area contributed by atoms with Gasteiger partial charge < -0.3 is 10.4 Å². The van der Waals surface area contributed by atoms with Gasteiger partial charge in [-0.3, -0.25) is 13.9 Å². The van der Waals surface area contributed by atoms with Gasteiger partial charge >= 0.3 is 5.69 Å². The van der Waals surface area contributed by atoms with Crippen molar-refractivity contribution in [2.75, 3.05) is 18.5 Å². The highest BCUT2D eigenvalue weighted by atomic mass is 16.3. The zero-order valence-electron chi connectivity index (χ0n) is 13.6. The van der Waals surface area contributed by atoms with E-state index in [9.17, 15) is 9.59 Å². The second-order valence-electron chi connectivity index (χ2n) is 5.55. The molecule has 0 spiro atoms. The van der Waals surface area contributed by atoms with E-state index in [0.717, 1.165) is 10.1 Å². The van der Waals surface area contributed by atoms with Gasteiger partial charge in [-0.1, -0.05) is 30.3 Å². The van der Waals surface area contributed by atoms with Crippen molar-refractivity contribution in [3.05, 3.63) is 56.7 Å². The number of hydrogen-bond acceptors (Lipinski definition) is 5. The van der Waals surface area contributed by atoms with Crippen molar-refractivity contribution >= 4 is 16.9 Å². The van der Waals surface area contributed by atoms with Gasteiger partial charge in [0.2, 0.25) is 0 Å². The molecule has 0 atom stereocenters. The van der Waals surface area contributed by atoms with E-state index in [1.54, 1.807) is 11.7 Å². The predicted octanol–water partition coefficient (Wildman–Crippen LogP) is -0.114. The Bertz CT molecular complexity index is 985. The van der Waals surface area contributed by atoms with Crippen molar-refractivity contribution in [2.45, 2.75) is 6.54 Å². The second-order valence-corrected chi connectivity index (χ2v) is 5.55. The number of benzene rings is 1. The lowest BCUT2D eigenvalue weighted by atomic mass is 10.2. The molecule has 0 fully saturated rings. The van der Waals surface area contributed by atoms with Crippen LogP contribution in [0.15, 0.2) is 39.9 Å². The lowest BCUT2D eigenvalue weighted by molar-refractivity contribution is 0.310. The first-order chi connectivity index (χ1) is 11.5. The number of fused-ring (bicyclic) bond motifs is 1. The van der Waals surface area contributed by atoms with Crippen molar-refractivity contribution < 1.29 is 5.11 Å². The fourth-order valence-corrected chi connectivity index (χ4v) is 2.68. The summed E-state index contributed by atoms with van der Waals surface area (Å²) in [6.07, 6.45) is 0. The highest BCUT2D eigenvalue weighted by molar-refractivity contribution is 5.87. The molecule has 1 aromatic carbocycles. The van der Waals surface area contributed by atoms with E-state index < -0.39 is 11.2 Å². The minimum Gasteiger partial charge on any atom is -0.395 e. The van der Waals surface area contributed by atoms with Crippen molar-refractivity contribution in [3.8, 4) is 0 Å².